The molecule has 2 saturated heterocycles. The number of carbonyl (C=O) groups excluding carboxylic acids is 1. The zero-order valence-corrected chi connectivity index (χ0v) is 8.58. The zero-order chi connectivity index (χ0) is 10.3. The number of nitrogens with one attached hydrogen (secondary N) is 1. The first-order valence-corrected chi connectivity index (χ1v) is 5.03. The van der Waals surface area contributed by atoms with Gasteiger partial charge < -0.3 is 10.2 Å². The fourth-order valence-electron chi connectivity index (χ4n) is 2.57. The van der Waals surface area contributed by atoms with E-state index in [1.165, 1.54) is 0 Å². The van der Waals surface area contributed by atoms with Gasteiger partial charge in [0.2, 0.25) is 5.91 Å². The van der Waals surface area contributed by atoms with Crippen LogP contribution in [0.3, 0.4) is 0 Å². The first kappa shape index (κ1) is 9.47. The number of amides is 1. The lowest BCUT2D eigenvalue weighted by Crippen LogP contribution is -2.49. The molecule has 4 nitrogen and oxygen atoms in total. The summed E-state index contributed by atoms with van der Waals surface area (Å²) in [5, 5.41) is 12.0. The van der Waals surface area contributed by atoms with E-state index in [9.17, 15) is 4.79 Å². The Labute approximate surface area is 83.9 Å². The molecule has 2 heterocycles. The van der Waals surface area contributed by atoms with Crippen LogP contribution in [-0.2, 0) is 4.79 Å². The summed E-state index contributed by atoms with van der Waals surface area (Å²) in [4.78, 5) is 13.8. The number of nitriles is 1. The smallest absolute Gasteiger partial charge is 0.243 e. The highest BCUT2D eigenvalue weighted by Crippen LogP contribution is 2.38. The standard InChI is InChI=1S/C10H15N3O/c1-10(12-2)5-7-3-4-8(6-11)13(7)9(10)14/h7-8,12H,3-5H2,1-2H3. The van der Waals surface area contributed by atoms with Gasteiger partial charge in [0.25, 0.3) is 0 Å². The van der Waals surface area contributed by atoms with Gasteiger partial charge in [-0.1, -0.05) is 0 Å². The first-order valence-electron chi connectivity index (χ1n) is 5.03. The number of hydrogen-bond acceptors (Lipinski definition) is 3. The fraction of sp³-hybridized carbons (Fsp3) is 0.800. The summed E-state index contributed by atoms with van der Waals surface area (Å²) in [6.45, 7) is 1.92. The second kappa shape index (κ2) is 2.96. The highest BCUT2D eigenvalue weighted by atomic mass is 16.2. The van der Waals surface area contributed by atoms with Gasteiger partial charge >= 0.3 is 0 Å². The SMILES string of the molecule is CNC1(C)CC2CCC(C#N)N2C1=O. The topological polar surface area (TPSA) is 56.1 Å². The maximum absolute atomic E-state index is 12.0. The van der Waals surface area contributed by atoms with Gasteiger partial charge in [0, 0.05) is 6.04 Å². The molecule has 1 N–H and O–H groups in total. The van der Waals surface area contributed by atoms with Crippen LogP contribution in [-0.4, -0.2) is 35.5 Å². The molecule has 1 amide bonds. The Morgan fingerprint density at radius 3 is 2.93 bits per heavy atom. The summed E-state index contributed by atoms with van der Waals surface area (Å²) in [7, 11) is 1.81. The minimum Gasteiger partial charge on any atom is -0.322 e. The number of likely N-dealkylation sites (N-methyl/N-ethyl adjacent to an activating group) is 1. The summed E-state index contributed by atoms with van der Waals surface area (Å²) in [6, 6.07) is 2.29. The molecule has 0 aromatic rings. The molecule has 0 aromatic heterocycles. The molecule has 0 spiro atoms. The van der Waals surface area contributed by atoms with Crippen molar-refractivity contribution in [3.05, 3.63) is 0 Å². The molecule has 0 bridgehead atoms. The molecule has 2 fully saturated rings. The molecule has 0 saturated carbocycles. The molecule has 3 atom stereocenters. The molecule has 2 rings (SSSR count). The predicted octanol–water partition coefficient (Wildman–Crippen LogP) is 0.251. The second-order valence-corrected chi connectivity index (χ2v) is 4.37. The maximum atomic E-state index is 12.0. The van der Waals surface area contributed by atoms with Gasteiger partial charge in [-0.25, -0.2) is 0 Å². The Morgan fingerprint density at radius 2 is 2.36 bits per heavy atom. The summed E-state index contributed by atoms with van der Waals surface area (Å²) in [6.07, 6.45) is 2.65. The van der Waals surface area contributed by atoms with E-state index in [1.807, 2.05) is 6.92 Å². The van der Waals surface area contributed by atoms with E-state index in [4.69, 9.17) is 5.26 Å². The molecule has 4 heteroatoms. The maximum Gasteiger partial charge on any atom is 0.243 e. The van der Waals surface area contributed by atoms with E-state index in [2.05, 4.69) is 11.4 Å². The van der Waals surface area contributed by atoms with Crippen LogP contribution in [0.15, 0.2) is 0 Å². The van der Waals surface area contributed by atoms with E-state index in [0.717, 1.165) is 19.3 Å². The predicted molar refractivity (Wildman–Crippen MR) is 51.4 cm³/mol. The Balaban J connectivity index is 2.26. The van der Waals surface area contributed by atoms with Crippen molar-refractivity contribution in [1.82, 2.24) is 10.2 Å². The van der Waals surface area contributed by atoms with Crippen LogP contribution >= 0.6 is 0 Å². The van der Waals surface area contributed by atoms with Gasteiger partial charge in [-0.2, -0.15) is 5.26 Å². The van der Waals surface area contributed by atoms with Gasteiger partial charge in [-0.05, 0) is 33.2 Å². The van der Waals surface area contributed by atoms with E-state index in [0.29, 0.717) is 0 Å². The third-order valence-corrected chi connectivity index (χ3v) is 3.55. The quantitative estimate of drug-likeness (QED) is 0.649. The largest absolute Gasteiger partial charge is 0.322 e. The van der Waals surface area contributed by atoms with Crippen molar-refractivity contribution in [3.8, 4) is 6.07 Å². The Bertz CT molecular complexity index is 309. The van der Waals surface area contributed by atoms with Crippen molar-refractivity contribution in [3.63, 3.8) is 0 Å². The van der Waals surface area contributed by atoms with Crippen molar-refractivity contribution in [2.75, 3.05) is 7.05 Å². The minimum absolute atomic E-state index is 0.0917. The summed E-state index contributed by atoms with van der Waals surface area (Å²) < 4.78 is 0. The molecule has 2 aliphatic rings. The first-order chi connectivity index (χ1) is 6.62. The lowest BCUT2D eigenvalue weighted by Gasteiger charge is -2.23. The van der Waals surface area contributed by atoms with Gasteiger partial charge in [-0.3, -0.25) is 4.79 Å². The number of hydrogen-bond donors (Lipinski definition) is 1. The van der Waals surface area contributed by atoms with Gasteiger partial charge in [0.05, 0.1) is 11.6 Å². The minimum atomic E-state index is -0.444. The Hall–Kier alpha value is -1.08. The lowest BCUT2D eigenvalue weighted by atomic mass is 9.96. The molecule has 2 aliphatic heterocycles. The summed E-state index contributed by atoms with van der Waals surface area (Å²) >= 11 is 0. The van der Waals surface area contributed by atoms with E-state index in [-0.39, 0.29) is 18.0 Å². The molecular weight excluding hydrogens is 178 g/mol. The molecular formula is C10H15N3O. The van der Waals surface area contributed by atoms with E-state index >= 15 is 0 Å². The second-order valence-electron chi connectivity index (χ2n) is 4.37. The van der Waals surface area contributed by atoms with Crippen LogP contribution < -0.4 is 5.32 Å². The third-order valence-electron chi connectivity index (χ3n) is 3.55. The average molecular weight is 193 g/mol. The van der Waals surface area contributed by atoms with Crippen LogP contribution in [0.2, 0.25) is 0 Å². The molecule has 76 valence electrons. The van der Waals surface area contributed by atoms with Crippen molar-refractivity contribution in [1.29, 1.82) is 5.26 Å². The average Bonchev–Trinajstić information content (AvgIpc) is 2.68. The van der Waals surface area contributed by atoms with Crippen molar-refractivity contribution < 1.29 is 4.79 Å². The fourth-order valence-corrected chi connectivity index (χ4v) is 2.57. The van der Waals surface area contributed by atoms with Gasteiger partial charge in [0.1, 0.15) is 6.04 Å². The monoisotopic (exact) mass is 193 g/mol. The summed E-state index contributed by atoms with van der Waals surface area (Å²) in [5.74, 6) is 0.0917. The molecule has 0 aliphatic carbocycles. The van der Waals surface area contributed by atoms with Gasteiger partial charge in [0.15, 0.2) is 0 Å². The van der Waals surface area contributed by atoms with Crippen LogP contribution in [0.5, 0.6) is 0 Å². The molecule has 0 aromatic carbocycles. The van der Waals surface area contributed by atoms with Crippen LogP contribution in [0.25, 0.3) is 0 Å². The highest BCUT2D eigenvalue weighted by Gasteiger charge is 2.52. The number of fused-ring (bicyclic) bond motifs is 1. The third kappa shape index (κ3) is 1.05. The van der Waals surface area contributed by atoms with Crippen LogP contribution in [0, 0.1) is 11.3 Å². The van der Waals surface area contributed by atoms with Crippen LogP contribution in [0.4, 0.5) is 0 Å². The van der Waals surface area contributed by atoms with Crippen LogP contribution in [0.1, 0.15) is 26.2 Å². The highest BCUT2D eigenvalue weighted by molar-refractivity contribution is 5.89. The van der Waals surface area contributed by atoms with Crippen molar-refractivity contribution >= 4 is 5.91 Å². The number of nitrogens with zero attached hydrogens (tertiary/aromatic N) is 2. The molecule has 14 heavy (non-hydrogen) atoms. The zero-order valence-electron chi connectivity index (χ0n) is 8.58. The van der Waals surface area contributed by atoms with Crippen molar-refractivity contribution in [2.24, 2.45) is 0 Å². The lowest BCUT2D eigenvalue weighted by molar-refractivity contribution is -0.133. The Kier molecular flexibility index (Phi) is 2.00. The van der Waals surface area contributed by atoms with Crippen molar-refractivity contribution in [2.45, 2.75) is 43.8 Å². The number of carbonyl (C=O) groups is 1. The van der Waals surface area contributed by atoms with E-state index in [1.54, 1.807) is 11.9 Å². The van der Waals surface area contributed by atoms with Gasteiger partial charge in [-0.15, -0.1) is 0 Å². The molecule has 0 radical (unpaired) electrons. The van der Waals surface area contributed by atoms with E-state index < -0.39 is 5.54 Å². The Morgan fingerprint density at radius 1 is 1.64 bits per heavy atom. The molecule has 3 unspecified atom stereocenters. The number of rotatable bonds is 1. The normalized spacial score (nSPS) is 41.2. The summed E-state index contributed by atoms with van der Waals surface area (Å²) in [5.41, 5.74) is -0.444.